The molecule has 1 aliphatic rings. The summed E-state index contributed by atoms with van der Waals surface area (Å²) < 4.78 is 0. The zero-order chi connectivity index (χ0) is 7.78. The summed E-state index contributed by atoms with van der Waals surface area (Å²) in [6.07, 6.45) is 3.30. The molecule has 0 saturated carbocycles. The lowest BCUT2D eigenvalue weighted by Crippen LogP contribution is -2.28. The summed E-state index contributed by atoms with van der Waals surface area (Å²) in [6, 6.07) is 0. The van der Waals surface area contributed by atoms with Crippen molar-refractivity contribution in [2.45, 2.75) is 19.4 Å². The molecule has 0 saturated heterocycles. The van der Waals surface area contributed by atoms with Gasteiger partial charge in [0.2, 0.25) is 0 Å². The van der Waals surface area contributed by atoms with Crippen molar-refractivity contribution in [3.05, 3.63) is 12.2 Å². The summed E-state index contributed by atoms with van der Waals surface area (Å²) in [7, 11) is 0. The largest absolute Gasteiger partial charge is 0.479 e. The van der Waals surface area contributed by atoms with Crippen LogP contribution in [-0.4, -0.2) is 22.3 Å². The first-order chi connectivity index (χ1) is 4.54. The quantitative estimate of drug-likeness (QED) is 0.585. The molecule has 1 unspecified atom stereocenters. The first-order valence-corrected chi connectivity index (χ1v) is 3.04. The van der Waals surface area contributed by atoms with Crippen LogP contribution in [0.3, 0.4) is 0 Å². The molecule has 0 aromatic carbocycles. The Hall–Kier alpha value is -1.12. The molecule has 0 bridgehead atoms. The molecular weight excluding hydrogens is 130 g/mol. The van der Waals surface area contributed by atoms with Gasteiger partial charge in [-0.25, -0.2) is 4.79 Å². The van der Waals surface area contributed by atoms with E-state index in [-0.39, 0.29) is 0 Å². The third-order valence-electron chi connectivity index (χ3n) is 1.49. The van der Waals surface area contributed by atoms with Crippen molar-refractivity contribution in [1.82, 2.24) is 0 Å². The summed E-state index contributed by atoms with van der Waals surface area (Å²) in [5.74, 6) is -0.902. The Morgan fingerprint density at radius 3 is 2.60 bits per heavy atom. The second kappa shape index (κ2) is 1.94. The van der Waals surface area contributed by atoms with Crippen molar-refractivity contribution < 1.29 is 9.90 Å². The molecule has 0 aliphatic carbocycles. The predicted octanol–water partition coefficient (Wildman–Crippen LogP) is 0.860. The Morgan fingerprint density at radius 1 is 1.80 bits per heavy atom. The third-order valence-corrected chi connectivity index (χ3v) is 1.49. The molecule has 1 N–H and O–H groups in total. The second-order valence-electron chi connectivity index (χ2n) is 2.54. The molecule has 1 rings (SSSR count). The van der Waals surface area contributed by atoms with Crippen LogP contribution in [0.2, 0.25) is 0 Å². The summed E-state index contributed by atoms with van der Waals surface area (Å²) in [4.78, 5) is 14.4. The van der Waals surface area contributed by atoms with Gasteiger partial charge in [0.05, 0.1) is 0 Å². The highest BCUT2D eigenvalue weighted by Crippen LogP contribution is 2.18. The number of nitrogens with zero attached hydrogens (tertiary/aromatic N) is 1. The molecule has 0 aromatic rings. The Bertz CT molecular complexity index is 230. The van der Waals surface area contributed by atoms with E-state index in [1.807, 2.05) is 0 Å². The first-order valence-electron chi connectivity index (χ1n) is 3.04. The van der Waals surface area contributed by atoms with E-state index < -0.39 is 11.5 Å². The van der Waals surface area contributed by atoms with Crippen LogP contribution in [0.15, 0.2) is 17.1 Å². The number of carbonyl (C=O) groups is 1. The van der Waals surface area contributed by atoms with Gasteiger partial charge in [0.15, 0.2) is 5.54 Å². The van der Waals surface area contributed by atoms with E-state index in [1.54, 1.807) is 26.0 Å². The Morgan fingerprint density at radius 2 is 2.40 bits per heavy atom. The fraction of sp³-hybridized carbons (Fsp3) is 0.429. The van der Waals surface area contributed by atoms with Gasteiger partial charge in [0.1, 0.15) is 0 Å². The highest BCUT2D eigenvalue weighted by atomic mass is 16.4. The van der Waals surface area contributed by atoms with Crippen molar-refractivity contribution in [3.63, 3.8) is 0 Å². The molecule has 3 heteroatoms. The van der Waals surface area contributed by atoms with Gasteiger partial charge < -0.3 is 5.11 Å². The molecule has 1 heterocycles. The normalized spacial score (nSPS) is 30.4. The Balaban J connectivity index is 2.95. The molecule has 0 spiro atoms. The van der Waals surface area contributed by atoms with E-state index in [2.05, 4.69) is 4.99 Å². The van der Waals surface area contributed by atoms with E-state index in [9.17, 15) is 4.79 Å². The van der Waals surface area contributed by atoms with Gasteiger partial charge in [-0.15, -0.1) is 0 Å². The maximum Gasteiger partial charge on any atom is 0.335 e. The molecule has 1 atom stereocenters. The van der Waals surface area contributed by atoms with Crippen molar-refractivity contribution in [3.8, 4) is 0 Å². The maximum absolute atomic E-state index is 10.5. The first kappa shape index (κ1) is 6.99. The van der Waals surface area contributed by atoms with E-state index in [0.717, 1.165) is 5.71 Å². The van der Waals surface area contributed by atoms with Crippen LogP contribution in [0.1, 0.15) is 13.8 Å². The van der Waals surface area contributed by atoms with Gasteiger partial charge >= 0.3 is 5.97 Å². The number of aliphatic imine (C=N–C) groups is 1. The van der Waals surface area contributed by atoms with Gasteiger partial charge in [-0.2, -0.15) is 0 Å². The molecule has 0 fully saturated rings. The number of hydrogen-bond donors (Lipinski definition) is 1. The van der Waals surface area contributed by atoms with Crippen molar-refractivity contribution >= 4 is 11.7 Å². The predicted molar refractivity (Wildman–Crippen MR) is 38.3 cm³/mol. The Labute approximate surface area is 59.1 Å². The molecule has 0 aromatic heterocycles. The van der Waals surface area contributed by atoms with Crippen LogP contribution in [0, 0.1) is 0 Å². The highest BCUT2D eigenvalue weighted by molar-refractivity contribution is 6.00. The fourth-order valence-corrected chi connectivity index (χ4v) is 0.843. The van der Waals surface area contributed by atoms with Crippen molar-refractivity contribution in [2.24, 2.45) is 4.99 Å². The van der Waals surface area contributed by atoms with Crippen LogP contribution in [0.25, 0.3) is 0 Å². The second-order valence-corrected chi connectivity index (χ2v) is 2.54. The molecule has 0 radical (unpaired) electrons. The monoisotopic (exact) mass is 139 g/mol. The van der Waals surface area contributed by atoms with E-state index >= 15 is 0 Å². The lowest BCUT2D eigenvalue weighted by molar-refractivity contribution is -0.140. The summed E-state index contributed by atoms with van der Waals surface area (Å²) in [5.41, 5.74) is -0.241. The van der Waals surface area contributed by atoms with Crippen LogP contribution in [0.4, 0.5) is 0 Å². The van der Waals surface area contributed by atoms with Gasteiger partial charge in [-0.1, -0.05) is 0 Å². The zero-order valence-electron chi connectivity index (χ0n) is 5.96. The number of carboxylic acids is 1. The maximum atomic E-state index is 10.5. The lowest BCUT2D eigenvalue weighted by Gasteiger charge is -2.10. The minimum absolute atomic E-state index is 0.768. The number of allylic oxidation sites excluding steroid dienone is 1. The molecule has 54 valence electrons. The van der Waals surface area contributed by atoms with Crippen LogP contribution < -0.4 is 0 Å². The molecule has 0 amide bonds. The fourth-order valence-electron chi connectivity index (χ4n) is 0.843. The number of hydrogen-bond acceptors (Lipinski definition) is 2. The van der Waals surface area contributed by atoms with Crippen molar-refractivity contribution in [1.29, 1.82) is 0 Å². The van der Waals surface area contributed by atoms with E-state index in [4.69, 9.17) is 5.11 Å². The van der Waals surface area contributed by atoms with Crippen LogP contribution in [0.5, 0.6) is 0 Å². The van der Waals surface area contributed by atoms with Crippen LogP contribution in [-0.2, 0) is 4.79 Å². The van der Waals surface area contributed by atoms with Gasteiger partial charge in [-0.05, 0) is 26.0 Å². The van der Waals surface area contributed by atoms with Gasteiger partial charge in [0, 0.05) is 5.71 Å². The average molecular weight is 139 g/mol. The number of rotatable bonds is 1. The summed E-state index contributed by atoms with van der Waals surface area (Å²) in [5, 5.41) is 8.63. The topological polar surface area (TPSA) is 49.7 Å². The minimum Gasteiger partial charge on any atom is -0.479 e. The average Bonchev–Trinajstić information content (AvgIpc) is 2.13. The van der Waals surface area contributed by atoms with E-state index in [0.29, 0.717) is 0 Å². The molecular formula is C7H9NO2. The standard InChI is InChI=1S/C7H9NO2/c1-5-3-4-7(2,8-5)6(9)10/h3-4H,1-2H3,(H,9,10). The summed E-state index contributed by atoms with van der Waals surface area (Å²) >= 11 is 0. The smallest absolute Gasteiger partial charge is 0.335 e. The van der Waals surface area contributed by atoms with Gasteiger partial charge in [-0.3, -0.25) is 4.99 Å². The lowest BCUT2D eigenvalue weighted by atomic mass is 10.1. The van der Waals surface area contributed by atoms with Gasteiger partial charge in [0.25, 0.3) is 0 Å². The Kier molecular flexibility index (Phi) is 1.35. The molecule has 1 aliphatic heterocycles. The highest BCUT2D eigenvalue weighted by Gasteiger charge is 2.31. The minimum atomic E-state index is -1.01. The molecule has 10 heavy (non-hydrogen) atoms. The SMILES string of the molecule is CC1=NC(C)(C(=O)O)C=C1. The van der Waals surface area contributed by atoms with Crippen LogP contribution >= 0.6 is 0 Å². The number of aliphatic carboxylic acids is 1. The third kappa shape index (κ3) is 0.943. The summed E-state index contributed by atoms with van der Waals surface area (Å²) in [6.45, 7) is 3.35. The molecule has 3 nitrogen and oxygen atoms in total. The van der Waals surface area contributed by atoms with Crippen molar-refractivity contribution in [2.75, 3.05) is 0 Å². The number of carboxylic acid groups (broad SMARTS) is 1. The zero-order valence-corrected chi connectivity index (χ0v) is 5.96. The van der Waals surface area contributed by atoms with E-state index in [1.165, 1.54) is 0 Å².